The van der Waals surface area contributed by atoms with Gasteiger partial charge in [0.1, 0.15) is 5.75 Å². The van der Waals surface area contributed by atoms with Crippen LogP contribution in [0.4, 0.5) is 11.4 Å². The van der Waals surface area contributed by atoms with Crippen LogP contribution in [0.3, 0.4) is 0 Å². The van der Waals surface area contributed by atoms with Crippen LogP contribution < -0.4 is 14.5 Å². The van der Waals surface area contributed by atoms with Gasteiger partial charge in [-0.15, -0.1) is 11.8 Å². The summed E-state index contributed by atoms with van der Waals surface area (Å²) in [6.45, 7) is 4.82. The lowest BCUT2D eigenvalue weighted by atomic mass is 10.0. The zero-order valence-corrected chi connectivity index (χ0v) is 18.7. The zero-order valence-electron chi connectivity index (χ0n) is 17.9. The van der Waals surface area contributed by atoms with Gasteiger partial charge >= 0.3 is 0 Å². The molecule has 162 valence electrons. The van der Waals surface area contributed by atoms with E-state index in [1.807, 2.05) is 53.4 Å². The average molecular weight is 438 g/mol. The van der Waals surface area contributed by atoms with Crippen molar-refractivity contribution in [3.05, 3.63) is 54.1 Å². The number of rotatable bonds is 4. The molecule has 1 spiro atoms. The number of hydrogen-bond donors (Lipinski definition) is 0. The highest BCUT2D eigenvalue weighted by atomic mass is 32.2. The van der Waals surface area contributed by atoms with Gasteiger partial charge in [-0.25, -0.2) is 0 Å². The van der Waals surface area contributed by atoms with Gasteiger partial charge in [0.2, 0.25) is 10.8 Å². The molecular formula is C24H27N3O3S. The summed E-state index contributed by atoms with van der Waals surface area (Å²) in [6.07, 6.45) is 2.39. The minimum absolute atomic E-state index is 0.0291. The standard InChI is InChI=1S/C24H27N3O3S/c1-17-6-5-13-25(14-17)16-26-21-8-4-3-7-20(21)24(23(26)29)27(22(28)15-31-24)18-9-11-19(30-2)12-10-18/h3-4,7-12,17H,5-6,13-16H2,1-2H3/t17-,24+/m0/s1. The Bertz CT molecular complexity index is 1010. The molecule has 3 aliphatic heterocycles. The molecule has 5 rings (SSSR count). The fraction of sp³-hybridized carbons (Fsp3) is 0.417. The van der Waals surface area contributed by atoms with Crippen LogP contribution in [-0.4, -0.2) is 49.3 Å². The van der Waals surface area contributed by atoms with Gasteiger partial charge < -0.3 is 4.74 Å². The molecule has 2 aromatic rings. The Balaban J connectivity index is 1.55. The molecule has 31 heavy (non-hydrogen) atoms. The molecule has 3 heterocycles. The number of anilines is 2. The highest BCUT2D eigenvalue weighted by Gasteiger charge is 2.61. The molecule has 2 atom stereocenters. The number of hydrogen-bond acceptors (Lipinski definition) is 5. The molecule has 0 N–H and O–H groups in total. The van der Waals surface area contributed by atoms with E-state index >= 15 is 0 Å². The lowest BCUT2D eigenvalue weighted by molar-refractivity contribution is -0.124. The van der Waals surface area contributed by atoms with E-state index in [2.05, 4.69) is 11.8 Å². The van der Waals surface area contributed by atoms with Gasteiger partial charge in [-0.2, -0.15) is 0 Å². The minimum Gasteiger partial charge on any atom is -0.497 e. The topological polar surface area (TPSA) is 53.1 Å². The number of likely N-dealkylation sites (tertiary alicyclic amines) is 1. The zero-order chi connectivity index (χ0) is 21.6. The van der Waals surface area contributed by atoms with Crippen LogP contribution in [0.5, 0.6) is 5.75 Å². The van der Waals surface area contributed by atoms with E-state index in [-0.39, 0.29) is 17.6 Å². The quantitative estimate of drug-likeness (QED) is 0.731. The van der Waals surface area contributed by atoms with Crippen LogP contribution >= 0.6 is 11.8 Å². The molecule has 3 aliphatic rings. The summed E-state index contributed by atoms with van der Waals surface area (Å²) in [4.78, 5) is 32.0. The summed E-state index contributed by atoms with van der Waals surface area (Å²) in [7, 11) is 1.61. The molecule has 0 saturated carbocycles. The first-order valence-electron chi connectivity index (χ1n) is 10.8. The van der Waals surface area contributed by atoms with Crippen molar-refractivity contribution in [2.24, 2.45) is 5.92 Å². The largest absolute Gasteiger partial charge is 0.497 e. The Labute approximate surface area is 187 Å². The van der Waals surface area contributed by atoms with Gasteiger partial charge in [0.05, 0.1) is 25.2 Å². The number of carbonyl (C=O) groups is 2. The molecule has 0 aliphatic carbocycles. The third-order valence-corrected chi connectivity index (χ3v) is 7.86. The lowest BCUT2D eigenvalue weighted by Gasteiger charge is -2.36. The monoisotopic (exact) mass is 437 g/mol. The number of para-hydroxylation sites is 1. The fourth-order valence-electron chi connectivity index (χ4n) is 5.04. The smallest absolute Gasteiger partial charge is 0.269 e. The van der Waals surface area contributed by atoms with Crippen LogP contribution in [0.25, 0.3) is 0 Å². The van der Waals surface area contributed by atoms with Crippen LogP contribution in [0, 0.1) is 5.92 Å². The van der Waals surface area contributed by atoms with E-state index in [0.29, 0.717) is 18.3 Å². The number of fused-ring (bicyclic) bond motifs is 2. The number of piperidine rings is 1. The molecule has 2 aromatic carbocycles. The molecule has 6 nitrogen and oxygen atoms in total. The van der Waals surface area contributed by atoms with E-state index in [1.54, 1.807) is 12.0 Å². The first kappa shape index (κ1) is 20.4. The molecule has 2 fully saturated rings. The van der Waals surface area contributed by atoms with Crippen molar-refractivity contribution in [1.29, 1.82) is 0 Å². The van der Waals surface area contributed by atoms with Crippen LogP contribution in [0.2, 0.25) is 0 Å². The average Bonchev–Trinajstić information content (AvgIpc) is 3.25. The van der Waals surface area contributed by atoms with Gasteiger partial charge in [-0.05, 0) is 55.6 Å². The number of thioether (sulfide) groups is 1. The Morgan fingerprint density at radius 3 is 2.65 bits per heavy atom. The lowest BCUT2D eigenvalue weighted by Crippen LogP contribution is -2.52. The molecule has 0 bridgehead atoms. The fourth-order valence-corrected chi connectivity index (χ4v) is 6.40. The van der Waals surface area contributed by atoms with Crippen molar-refractivity contribution in [3.8, 4) is 5.75 Å². The van der Waals surface area contributed by atoms with Gasteiger partial charge in [0.25, 0.3) is 5.91 Å². The predicted molar refractivity (Wildman–Crippen MR) is 123 cm³/mol. The van der Waals surface area contributed by atoms with Crippen LogP contribution in [0.1, 0.15) is 25.3 Å². The van der Waals surface area contributed by atoms with Crippen molar-refractivity contribution >= 4 is 35.0 Å². The SMILES string of the molecule is COc1ccc(N2C(=O)CS[C@]23C(=O)N(CN2CCC[C@H](C)C2)c2ccccc23)cc1. The van der Waals surface area contributed by atoms with Crippen molar-refractivity contribution in [3.63, 3.8) is 0 Å². The summed E-state index contributed by atoms with van der Waals surface area (Å²) < 4.78 is 5.27. The second kappa shape index (κ2) is 7.88. The number of ether oxygens (including phenoxy) is 1. The summed E-state index contributed by atoms with van der Waals surface area (Å²) in [6, 6.07) is 15.3. The van der Waals surface area contributed by atoms with E-state index in [4.69, 9.17) is 4.74 Å². The molecule has 2 amide bonds. The highest BCUT2D eigenvalue weighted by Crippen LogP contribution is 2.55. The Morgan fingerprint density at radius 2 is 1.90 bits per heavy atom. The van der Waals surface area contributed by atoms with Gasteiger partial charge in [0, 0.05) is 17.8 Å². The maximum atomic E-state index is 14.1. The molecule has 0 aromatic heterocycles. The maximum absolute atomic E-state index is 14.1. The van der Waals surface area contributed by atoms with Crippen molar-refractivity contribution in [2.45, 2.75) is 24.6 Å². The molecule has 0 unspecified atom stereocenters. The normalized spacial score (nSPS) is 26.1. The molecule has 7 heteroatoms. The Morgan fingerprint density at radius 1 is 1.13 bits per heavy atom. The molecule has 2 saturated heterocycles. The second-order valence-electron chi connectivity index (χ2n) is 8.58. The minimum atomic E-state index is -1.05. The van der Waals surface area contributed by atoms with Gasteiger partial charge in [-0.3, -0.25) is 24.3 Å². The number of benzene rings is 2. The van der Waals surface area contributed by atoms with Crippen LogP contribution in [-0.2, 0) is 14.5 Å². The Kier molecular flexibility index (Phi) is 5.18. The van der Waals surface area contributed by atoms with E-state index in [0.717, 1.165) is 36.5 Å². The maximum Gasteiger partial charge on any atom is 0.269 e. The molecule has 0 radical (unpaired) electrons. The first-order chi connectivity index (χ1) is 15.0. The number of carbonyl (C=O) groups excluding carboxylic acids is 2. The summed E-state index contributed by atoms with van der Waals surface area (Å²) in [5.74, 6) is 1.55. The van der Waals surface area contributed by atoms with Gasteiger partial charge in [-0.1, -0.05) is 25.1 Å². The second-order valence-corrected chi connectivity index (χ2v) is 9.74. The number of amides is 2. The first-order valence-corrected chi connectivity index (χ1v) is 11.8. The van der Waals surface area contributed by atoms with Crippen LogP contribution in [0.15, 0.2) is 48.5 Å². The van der Waals surface area contributed by atoms with E-state index in [9.17, 15) is 9.59 Å². The summed E-state index contributed by atoms with van der Waals surface area (Å²) in [5, 5.41) is 0. The summed E-state index contributed by atoms with van der Waals surface area (Å²) >= 11 is 1.43. The van der Waals surface area contributed by atoms with E-state index < -0.39 is 4.87 Å². The van der Waals surface area contributed by atoms with E-state index in [1.165, 1.54) is 18.2 Å². The predicted octanol–water partition coefficient (Wildman–Crippen LogP) is 3.66. The molecular weight excluding hydrogens is 410 g/mol. The Hall–Kier alpha value is -2.51. The van der Waals surface area contributed by atoms with Crippen molar-refractivity contribution in [2.75, 3.05) is 42.4 Å². The van der Waals surface area contributed by atoms with Crippen molar-refractivity contribution in [1.82, 2.24) is 4.90 Å². The number of methoxy groups -OCH3 is 1. The third kappa shape index (κ3) is 3.22. The van der Waals surface area contributed by atoms with Gasteiger partial charge in [0.15, 0.2) is 0 Å². The highest BCUT2D eigenvalue weighted by molar-refractivity contribution is 8.02. The third-order valence-electron chi connectivity index (χ3n) is 6.48. The van der Waals surface area contributed by atoms with Crippen molar-refractivity contribution < 1.29 is 14.3 Å². The summed E-state index contributed by atoms with van der Waals surface area (Å²) in [5.41, 5.74) is 2.52. The number of nitrogens with zero attached hydrogens (tertiary/aromatic N) is 3.